The molecule has 0 aromatic heterocycles. The van der Waals surface area contributed by atoms with Gasteiger partial charge in [-0.25, -0.2) is 5.01 Å². The van der Waals surface area contributed by atoms with Crippen LogP contribution in [0, 0.1) is 0 Å². The summed E-state index contributed by atoms with van der Waals surface area (Å²) in [5.74, 6) is 0. The quantitative estimate of drug-likeness (QED) is 0.648. The van der Waals surface area contributed by atoms with E-state index in [1.165, 1.54) is 19.8 Å². The van der Waals surface area contributed by atoms with Gasteiger partial charge in [0.05, 0.1) is 0 Å². The summed E-state index contributed by atoms with van der Waals surface area (Å²) >= 11 is 6.04. The second kappa shape index (κ2) is 4.79. The predicted molar refractivity (Wildman–Crippen MR) is 54.8 cm³/mol. The molecule has 12 heavy (non-hydrogen) atoms. The molecule has 1 saturated heterocycles. The first-order valence-corrected chi connectivity index (χ1v) is 5.15. The maximum Gasteiger partial charge on any atom is 0.192 e. The minimum Gasteiger partial charge on any atom is -0.304 e. The summed E-state index contributed by atoms with van der Waals surface area (Å²) in [6.07, 6.45) is 2.42. The van der Waals surface area contributed by atoms with E-state index in [4.69, 9.17) is 12.2 Å². The normalized spacial score (nSPS) is 17.8. The van der Waals surface area contributed by atoms with E-state index in [9.17, 15) is 4.79 Å². The lowest BCUT2D eigenvalue weighted by Crippen LogP contribution is -2.37. The maximum atomic E-state index is 10.6. The fraction of sp³-hybridized carbons (Fsp3) is 0.714. The Morgan fingerprint density at radius 1 is 1.50 bits per heavy atom. The van der Waals surface area contributed by atoms with Gasteiger partial charge in [-0.2, -0.15) is 0 Å². The fourth-order valence-electron chi connectivity index (χ4n) is 1.11. The second-order valence-corrected chi connectivity index (χ2v) is 4.54. The molecule has 0 aromatic carbocycles. The average Bonchev–Trinajstić information content (AvgIpc) is 2.37. The third-order valence-electron chi connectivity index (χ3n) is 1.59. The van der Waals surface area contributed by atoms with Crippen molar-refractivity contribution < 1.29 is 4.79 Å². The van der Waals surface area contributed by atoms with Crippen LogP contribution in [0.15, 0.2) is 0 Å². The lowest BCUT2D eigenvalue weighted by molar-refractivity contribution is -0.109. The molecule has 1 rings (SSSR count). The zero-order valence-electron chi connectivity index (χ0n) is 7.00. The minimum atomic E-state index is 0.0340. The summed E-state index contributed by atoms with van der Waals surface area (Å²) < 4.78 is 0.560. The Morgan fingerprint density at radius 2 is 2.08 bits per heavy atom. The number of carbonyl (C=O) groups is 1. The third-order valence-corrected chi connectivity index (χ3v) is 2.50. The molecule has 0 bridgehead atoms. The van der Waals surface area contributed by atoms with Crippen molar-refractivity contribution in [2.75, 3.05) is 13.1 Å². The standard InChI is InChI=1S/C7H12N2OS2/c1-6(10)12-7(11)8-9-4-2-3-5-9/h2-5H2,1H3,(H,8,11). The van der Waals surface area contributed by atoms with Gasteiger partial charge in [0.15, 0.2) is 9.44 Å². The van der Waals surface area contributed by atoms with E-state index in [2.05, 4.69) is 10.4 Å². The molecule has 0 amide bonds. The van der Waals surface area contributed by atoms with E-state index in [1.807, 2.05) is 0 Å². The average molecular weight is 204 g/mol. The molecule has 1 aliphatic heterocycles. The highest BCUT2D eigenvalue weighted by atomic mass is 32.2. The van der Waals surface area contributed by atoms with Crippen molar-refractivity contribution >= 4 is 33.4 Å². The summed E-state index contributed by atoms with van der Waals surface area (Å²) in [4.78, 5) is 10.6. The van der Waals surface area contributed by atoms with Gasteiger partial charge in [-0.3, -0.25) is 4.79 Å². The number of nitrogens with zero attached hydrogens (tertiary/aromatic N) is 1. The Balaban J connectivity index is 2.20. The molecule has 1 N–H and O–H groups in total. The second-order valence-electron chi connectivity index (χ2n) is 2.69. The van der Waals surface area contributed by atoms with Crippen LogP contribution in [-0.2, 0) is 4.79 Å². The monoisotopic (exact) mass is 204 g/mol. The number of carbonyl (C=O) groups excluding carboxylic acids is 1. The molecular weight excluding hydrogens is 192 g/mol. The number of hydrogen-bond acceptors (Lipinski definition) is 4. The Labute approximate surface area is 81.8 Å². The van der Waals surface area contributed by atoms with Crippen LogP contribution in [0.3, 0.4) is 0 Å². The molecule has 0 saturated carbocycles. The van der Waals surface area contributed by atoms with Gasteiger partial charge in [-0.1, -0.05) is 12.2 Å². The summed E-state index contributed by atoms with van der Waals surface area (Å²) in [6, 6.07) is 0. The summed E-state index contributed by atoms with van der Waals surface area (Å²) in [5, 5.41) is 2.09. The highest BCUT2D eigenvalue weighted by molar-refractivity contribution is 8.32. The van der Waals surface area contributed by atoms with E-state index in [0.717, 1.165) is 24.9 Å². The van der Waals surface area contributed by atoms with Crippen LogP contribution in [0.5, 0.6) is 0 Å². The summed E-state index contributed by atoms with van der Waals surface area (Å²) in [5.41, 5.74) is 3.02. The third kappa shape index (κ3) is 3.51. The first-order valence-electron chi connectivity index (χ1n) is 3.92. The molecule has 0 radical (unpaired) electrons. The van der Waals surface area contributed by atoms with Crippen molar-refractivity contribution in [2.24, 2.45) is 0 Å². The summed E-state index contributed by atoms with van der Waals surface area (Å²) in [7, 11) is 0. The lowest BCUT2D eigenvalue weighted by Gasteiger charge is -2.16. The molecule has 0 aromatic rings. The number of thiocarbonyl (C=S) groups is 1. The van der Waals surface area contributed by atoms with Gasteiger partial charge in [0, 0.05) is 20.0 Å². The van der Waals surface area contributed by atoms with Crippen molar-refractivity contribution in [3.05, 3.63) is 0 Å². The fourth-order valence-corrected chi connectivity index (χ4v) is 2.03. The van der Waals surface area contributed by atoms with Crippen molar-refractivity contribution in [3.63, 3.8) is 0 Å². The molecule has 0 atom stereocenters. The zero-order valence-corrected chi connectivity index (χ0v) is 8.63. The number of rotatable bonds is 1. The highest BCUT2D eigenvalue weighted by Gasteiger charge is 2.12. The number of hydrazine groups is 1. The smallest absolute Gasteiger partial charge is 0.192 e. The van der Waals surface area contributed by atoms with Gasteiger partial charge >= 0.3 is 0 Å². The predicted octanol–water partition coefficient (Wildman–Crippen LogP) is 1.15. The Kier molecular flexibility index (Phi) is 3.97. The van der Waals surface area contributed by atoms with Crippen LogP contribution in [0.25, 0.3) is 0 Å². The Morgan fingerprint density at radius 3 is 2.58 bits per heavy atom. The van der Waals surface area contributed by atoms with Gasteiger partial charge in [0.2, 0.25) is 0 Å². The van der Waals surface area contributed by atoms with Crippen LogP contribution >= 0.6 is 24.0 Å². The molecule has 0 spiro atoms. The lowest BCUT2D eigenvalue weighted by atomic mass is 10.4. The molecule has 68 valence electrons. The SMILES string of the molecule is CC(=O)SC(=S)NN1CCCC1. The molecule has 3 nitrogen and oxygen atoms in total. The van der Waals surface area contributed by atoms with Crippen molar-refractivity contribution in [2.45, 2.75) is 19.8 Å². The van der Waals surface area contributed by atoms with E-state index >= 15 is 0 Å². The van der Waals surface area contributed by atoms with Crippen LogP contribution < -0.4 is 5.43 Å². The van der Waals surface area contributed by atoms with Crippen LogP contribution in [0.4, 0.5) is 0 Å². The van der Waals surface area contributed by atoms with Gasteiger partial charge < -0.3 is 5.43 Å². The maximum absolute atomic E-state index is 10.6. The minimum absolute atomic E-state index is 0.0340. The Hall–Kier alpha value is -0.130. The van der Waals surface area contributed by atoms with Gasteiger partial charge in [0.25, 0.3) is 0 Å². The van der Waals surface area contributed by atoms with Gasteiger partial charge in [0.1, 0.15) is 0 Å². The number of hydrogen-bond donors (Lipinski definition) is 1. The molecular formula is C7H12N2OS2. The first-order chi connectivity index (χ1) is 5.68. The van der Waals surface area contributed by atoms with Crippen LogP contribution in [-0.4, -0.2) is 27.5 Å². The Bertz CT molecular complexity index is 190. The highest BCUT2D eigenvalue weighted by Crippen LogP contribution is 2.08. The topological polar surface area (TPSA) is 32.3 Å². The molecule has 1 fully saturated rings. The molecule has 1 aliphatic rings. The van der Waals surface area contributed by atoms with E-state index < -0.39 is 0 Å². The van der Waals surface area contributed by atoms with Gasteiger partial charge in [-0.15, -0.1) is 0 Å². The number of nitrogens with one attached hydrogen (secondary N) is 1. The van der Waals surface area contributed by atoms with E-state index in [1.54, 1.807) is 0 Å². The van der Waals surface area contributed by atoms with Crippen molar-refractivity contribution in [3.8, 4) is 0 Å². The van der Waals surface area contributed by atoms with Crippen LogP contribution in [0.1, 0.15) is 19.8 Å². The molecule has 5 heteroatoms. The summed E-state index contributed by atoms with van der Waals surface area (Å²) in [6.45, 7) is 3.57. The first kappa shape index (κ1) is 9.95. The largest absolute Gasteiger partial charge is 0.304 e. The van der Waals surface area contributed by atoms with E-state index in [0.29, 0.717) is 4.32 Å². The molecule has 1 heterocycles. The van der Waals surface area contributed by atoms with Crippen LogP contribution in [0.2, 0.25) is 0 Å². The zero-order chi connectivity index (χ0) is 8.97. The van der Waals surface area contributed by atoms with Gasteiger partial charge in [-0.05, 0) is 24.6 Å². The van der Waals surface area contributed by atoms with Crippen molar-refractivity contribution in [1.29, 1.82) is 0 Å². The number of thioether (sulfide) groups is 1. The molecule has 0 unspecified atom stereocenters. The van der Waals surface area contributed by atoms with E-state index in [-0.39, 0.29) is 5.12 Å². The molecule has 0 aliphatic carbocycles. The van der Waals surface area contributed by atoms with Crippen molar-refractivity contribution in [1.82, 2.24) is 10.4 Å².